The summed E-state index contributed by atoms with van der Waals surface area (Å²) in [4.78, 5) is 9.40. The Labute approximate surface area is 166 Å². The highest BCUT2D eigenvalue weighted by atomic mass is 32.2. The van der Waals surface area contributed by atoms with Crippen molar-refractivity contribution in [3.63, 3.8) is 0 Å². The van der Waals surface area contributed by atoms with Gasteiger partial charge in [0.25, 0.3) is 0 Å². The Kier molecular flexibility index (Phi) is 4.83. The number of halogens is 3. The van der Waals surface area contributed by atoms with Crippen molar-refractivity contribution in [1.82, 2.24) is 14.4 Å². The van der Waals surface area contributed by atoms with Crippen molar-refractivity contribution in [1.29, 1.82) is 5.26 Å². The van der Waals surface area contributed by atoms with E-state index in [1.54, 1.807) is 23.6 Å². The molecule has 9 heteroatoms. The maximum atomic E-state index is 13.5. The summed E-state index contributed by atoms with van der Waals surface area (Å²) in [5.74, 6) is 0.300. The van der Waals surface area contributed by atoms with Gasteiger partial charge in [-0.3, -0.25) is 0 Å². The molecule has 4 aromatic heterocycles. The van der Waals surface area contributed by atoms with Crippen molar-refractivity contribution in [2.45, 2.75) is 17.0 Å². The first-order valence-corrected chi connectivity index (χ1v) is 9.94. The number of fused-ring (bicyclic) bond motifs is 1. The van der Waals surface area contributed by atoms with Crippen molar-refractivity contribution in [2.24, 2.45) is 0 Å². The number of nitrogens with zero attached hydrogens (tertiary/aromatic N) is 4. The molecule has 4 rings (SSSR count). The molecule has 0 aliphatic heterocycles. The third-order valence-electron chi connectivity index (χ3n) is 3.95. The van der Waals surface area contributed by atoms with Gasteiger partial charge >= 0.3 is 6.18 Å². The van der Waals surface area contributed by atoms with Crippen LogP contribution in [0.5, 0.6) is 0 Å². The number of alkyl halides is 3. The molecule has 4 aromatic rings. The molecule has 28 heavy (non-hydrogen) atoms. The predicted octanol–water partition coefficient (Wildman–Crippen LogP) is 5.64. The van der Waals surface area contributed by atoms with E-state index in [9.17, 15) is 18.4 Å². The molecule has 0 aromatic carbocycles. The quantitative estimate of drug-likeness (QED) is 0.404. The van der Waals surface area contributed by atoms with Crippen molar-refractivity contribution in [3.8, 4) is 16.6 Å². The van der Waals surface area contributed by atoms with Crippen LogP contribution < -0.4 is 0 Å². The van der Waals surface area contributed by atoms with E-state index >= 15 is 0 Å². The van der Waals surface area contributed by atoms with E-state index in [1.807, 2.05) is 35.0 Å². The SMILES string of the molecule is N#Cc1c(C(F)(F)F)cc(-c2cccs2)nc1SCc1cn2ccccc2n1. The lowest BCUT2D eigenvalue weighted by atomic mass is 10.1. The van der Waals surface area contributed by atoms with E-state index < -0.39 is 17.3 Å². The molecule has 0 saturated carbocycles. The van der Waals surface area contributed by atoms with E-state index in [-0.39, 0.29) is 10.7 Å². The molecule has 140 valence electrons. The zero-order valence-electron chi connectivity index (χ0n) is 14.1. The highest BCUT2D eigenvalue weighted by Gasteiger charge is 2.36. The summed E-state index contributed by atoms with van der Waals surface area (Å²) >= 11 is 2.37. The molecule has 0 radical (unpaired) electrons. The van der Waals surface area contributed by atoms with Crippen LogP contribution >= 0.6 is 23.1 Å². The minimum atomic E-state index is -4.64. The number of thiophene rings is 1. The minimum absolute atomic E-state index is 0.0535. The van der Waals surface area contributed by atoms with E-state index in [4.69, 9.17) is 0 Å². The number of nitriles is 1. The van der Waals surface area contributed by atoms with Crippen LogP contribution in [-0.4, -0.2) is 14.4 Å². The van der Waals surface area contributed by atoms with Crippen molar-refractivity contribution < 1.29 is 13.2 Å². The topological polar surface area (TPSA) is 54.0 Å². The van der Waals surface area contributed by atoms with Gasteiger partial charge in [0.2, 0.25) is 0 Å². The normalized spacial score (nSPS) is 11.6. The van der Waals surface area contributed by atoms with E-state index in [0.29, 0.717) is 16.3 Å². The van der Waals surface area contributed by atoms with Gasteiger partial charge in [-0.05, 0) is 29.6 Å². The largest absolute Gasteiger partial charge is 0.417 e. The molecule has 0 atom stereocenters. The second-order valence-corrected chi connectivity index (χ2v) is 7.72. The summed E-state index contributed by atoms with van der Waals surface area (Å²) in [6.07, 6.45) is -0.991. The second-order valence-electron chi connectivity index (χ2n) is 5.81. The number of pyridine rings is 2. The van der Waals surface area contributed by atoms with Gasteiger partial charge in [-0.25, -0.2) is 9.97 Å². The molecule has 0 aliphatic carbocycles. The summed E-state index contributed by atoms with van der Waals surface area (Å²) in [6.45, 7) is 0. The first kappa shape index (κ1) is 18.5. The number of aromatic nitrogens is 3. The molecule has 4 nitrogen and oxygen atoms in total. The fourth-order valence-electron chi connectivity index (χ4n) is 2.71. The van der Waals surface area contributed by atoms with Gasteiger partial charge < -0.3 is 4.40 Å². The number of hydrogen-bond donors (Lipinski definition) is 0. The molecule has 0 fully saturated rings. The highest BCUT2D eigenvalue weighted by molar-refractivity contribution is 7.98. The standard InChI is InChI=1S/C19H11F3N4S2/c20-19(21,22)14-8-15(16-4-3-7-27-16)25-18(13(14)9-23)28-11-12-10-26-6-2-1-5-17(26)24-12/h1-8,10H,11H2. The summed E-state index contributed by atoms with van der Waals surface area (Å²) in [6, 6.07) is 11.6. The Morgan fingerprint density at radius 3 is 2.71 bits per heavy atom. The Morgan fingerprint density at radius 2 is 2.04 bits per heavy atom. The zero-order valence-corrected chi connectivity index (χ0v) is 15.8. The Morgan fingerprint density at radius 1 is 1.18 bits per heavy atom. The molecule has 0 amide bonds. The number of thioether (sulfide) groups is 1. The maximum Gasteiger partial charge on any atom is 0.417 e. The number of hydrogen-bond acceptors (Lipinski definition) is 5. The average molecular weight is 416 g/mol. The van der Waals surface area contributed by atoms with Crippen LogP contribution in [0.3, 0.4) is 0 Å². The molecule has 0 bridgehead atoms. The average Bonchev–Trinajstić information content (AvgIpc) is 3.34. The van der Waals surface area contributed by atoms with Gasteiger partial charge in [0.1, 0.15) is 16.7 Å². The minimum Gasteiger partial charge on any atom is -0.307 e. The van der Waals surface area contributed by atoms with Crippen LogP contribution in [0.25, 0.3) is 16.2 Å². The second kappa shape index (κ2) is 7.30. The molecular weight excluding hydrogens is 405 g/mol. The van der Waals surface area contributed by atoms with Gasteiger partial charge in [0.15, 0.2) is 0 Å². The summed E-state index contributed by atoms with van der Waals surface area (Å²) in [7, 11) is 0. The molecule has 0 aliphatic rings. The Balaban J connectivity index is 1.74. The van der Waals surface area contributed by atoms with Crippen LogP contribution in [0.1, 0.15) is 16.8 Å². The number of rotatable bonds is 4. The molecule has 0 spiro atoms. The van der Waals surface area contributed by atoms with Crippen LogP contribution in [0.2, 0.25) is 0 Å². The zero-order chi connectivity index (χ0) is 19.7. The van der Waals surface area contributed by atoms with Crippen LogP contribution in [0.15, 0.2) is 59.2 Å². The van der Waals surface area contributed by atoms with Crippen LogP contribution in [0.4, 0.5) is 13.2 Å². The summed E-state index contributed by atoms with van der Waals surface area (Å²) in [5.41, 5.74) is 0.221. The van der Waals surface area contributed by atoms with Gasteiger partial charge in [-0.2, -0.15) is 18.4 Å². The van der Waals surface area contributed by atoms with E-state index in [2.05, 4.69) is 9.97 Å². The lowest BCUT2D eigenvalue weighted by Gasteiger charge is -2.13. The molecule has 4 heterocycles. The maximum absolute atomic E-state index is 13.5. The lowest BCUT2D eigenvalue weighted by Crippen LogP contribution is -2.10. The van der Waals surface area contributed by atoms with Gasteiger partial charge in [0.05, 0.1) is 27.4 Å². The number of imidazole rings is 1. The van der Waals surface area contributed by atoms with Gasteiger partial charge in [0, 0.05) is 18.1 Å². The van der Waals surface area contributed by atoms with E-state index in [0.717, 1.165) is 23.5 Å². The summed E-state index contributed by atoms with van der Waals surface area (Å²) < 4.78 is 42.4. The highest BCUT2D eigenvalue weighted by Crippen LogP contribution is 2.39. The molecular formula is C19H11F3N4S2. The fourth-order valence-corrected chi connectivity index (χ4v) is 4.28. The van der Waals surface area contributed by atoms with Crippen molar-refractivity contribution in [2.75, 3.05) is 0 Å². The van der Waals surface area contributed by atoms with Crippen molar-refractivity contribution >= 4 is 28.7 Å². The van der Waals surface area contributed by atoms with Gasteiger partial charge in [-0.1, -0.05) is 23.9 Å². The van der Waals surface area contributed by atoms with Crippen molar-refractivity contribution in [3.05, 3.63) is 71.0 Å². The lowest BCUT2D eigenvalue weighted by molar-refractivity contribution is -0.138. The molecule has 0 unspecified atom stereocenters. The third-order valence-corrected chi connectivity index (χ3v) is 5.85. The summed E-state index contributed by atoms with van der Waals surface area (Å²) in [5, 5.41) is 11.2. The fraction of sp³-hybridized carbons (Fsp3) is 0.105. The van der Waals surface area contributed by atoms with Crippen LogP contribution in [0, 0.1) is 11.3 Å². The van der Waals surface area contributed by atoms with Crippen LogP contribution in [-0.2, 0) is 11.9 Å². The monoisotopic (exact) mass is 416 g/mol. The molecule has 0 N–H and O–H groups in total. The smallest absolute Gasteiger partial charge is 0.307 e. The first-order chi connectivity index (χ1) is 13.5. The van der Waals surface area contributed by atoms with Gasteiger partial charge in [-0.15, -0.1) is 11.3 Å². The molecule has 0 saturated heterocycles. The predicted molar refractivity (Wildman–Crippen MR) is 102 cm³/mol. The third kappa shape index (κ3) is 3.61. The Bertz CT molecular complexity index is 1140. The van der Waals surface area contributed by atoms with E-state index in [1.165, 1.54) is 11.3 Å². The first-order valence-electron chi connectivity index (χ1n) is 8.07. The Hall–Kier alpha value is -2.83.